The molecule has 4 nitrogen and oxygen atoms in total. The average molecular weight is 378 g/mol. The van der Waals surface area contributed by atoms with Gasteiger partial charge in [0.2, 0.25) is 0 Å². The summed E-state index contributed by atoms with van der Waals surface area (Å²) in [6.07, 6.45) is 0. The highest BCUT2D eigenvalue weighted by Gasteiger charge is 2.15. The summed E-state index contributed by atoms with van der Waals surface area (Å²) in [7, 11) is 5.77. The maximum Gasteiger partial charge on any atom is 0.170 e. The predicted octanol–water partition coefficient (Wildman–Crippen LogP) is 4.25. The quantitative estimate of drug-likeness (QED) is 0.736. The van der Waals surface area contributed by atoms with Crippen molar-refractivity contribution in [2.45, 2.75) is 13.0 Å². The third kappa shape index (κ3) is 5.33. The van der Waals surface area contributed by atoms with Crippen molar-refractivity contribution in [1.82, 2.24) is 10.2 Å². The molecule has 0 aromatic heterocycles. The molecule has 0 heterocycles. The highest BCUT2D eigenvalue weighted by Crippen LogP contribution is 2.23. The topological polar surface area (TPSA) is 36.5 Å². The summed E-state index contributed by atoms with van der Waals surface area (Å²) in [6, 6.07) is 14.0. The molecule has 25 heavy (non-hydrogen) atoms. The van der Waals surface area contributed by atoms with Gasteiger partial charge < -0.3 is 20.3 Å². The van der Waals surface area contributed by atoms with Crippen molar-refractivity contribution in [3.63, 3.8) is 0 Å². The van der Waals surface area contributed by atoms with Crippen molar-refractivity contribution in [2.24, 2.45) is 0 Å². The predicted molar refractivity (Wildman–Crippen MR) is 110 cm³/mol. The van der Waals surface area contributed by atoms with Crippen LogP contribution in [0.5, 0.6) is 5.75 Å². The number of hydrogen-bond donors (Lipinski definition) is 2. The molecule has 0 bridgehead atoms. The van der Waals surface area contributed by atoms with Gasteiger partial charge in [-0.2, -0.15) is 0 Å². The SMILES string of the molecule is COc1ccc([C@H](CNC(=S)Nc2cccc(Cl)c2C)N(C)C)cc1. The summed E-state index contributed by atoms with van der Waals surface area (Å²) in [5, 5.41) is 7.80. The van der Waals surface area contributed by atoms with Crippen molar-refractivity contribution in [3.05, 3.63) is 58.6 Å². The number of methoxy groups -OCH3 is 1. The summed E-state index contributed by atoms with van der Waals surface area (Å²) in [4.78, 5) is 2.15. The molecule has 0 radical (unpaired) electrons. The van der Waals surface area contributed by atoms with Crippen LogP contribution in [0.15, 0.2) is 42.5 Å². The minimum Gasteiger partial charge on any atom is -0.497 e. The molecule has 2 N–H and O–H groups in total. The van der Waals surface area contributed by atoms with E-state index in [0.29, 0.717) is 11.7 Å². The Labute approximate surface area is 160 Å². The fourth-order valence-corrected chi connectivity index (χ4v) is 2.89. The lowest BCUT2D eigenvalue weighted by Crippen LogP contribution is -2.36. The van der Waals surface area contributed by atoms with Crippen LogP contribution in [-0.2, 0) is 0 Å². The zero-order chi connectivity index (χ0) is 18.4. The number of rotatable bonds is 6. The zero-order valence-corrected chi connectivity index (χ0v) is 16.5. The Bertz CT molecular complexity index is 719. The number of hydrogen-bond acceptors (Lipinski definition) is 3. The van der Waals surface area contributed by atoms with Crippen LogP contribution in [-0.4, -0.2) is 37.8 Å². The lowest BCUT2D eigenvalue weighted by molar-refractivity contribution is 0.299. The van der Waals surface area contributed by atoms with Crippen LogP contribution < -0.4 is 15.4 Å². The molecule has 0 fully saturated rings. The molecule has 0 saturated heterocycles. The molecule has 0 aliphatic carbocycles. The molecule has 0 amide bonds. The molecule has 2 aromatic carbocycles. The highest BCUT2D eigenvalue weighted by molar-refractivity contribution is 7.80. The first-order valence-corrected chi connectivity index (χ1v) is 8.81. The van der Waals surface area contributed by atoms with E-state index in [4.69, 9.17) is 28.6 Å². The van der Waals surface area contributed by atoms with Crippen molar-refractivity contribution in [2.75, 3.05) is 33.1 Å². The van der Waals surface area contributed by atoms with Gasteiger partial charge in [-0.1, -0.05) is 29.8 Å². The van der Waals surface area contributed by atoms with Gasteiger partial charge in [-0.05, 0) is 68.6 Å². The van der Waals surface area contributed by atoms with Gasteiger partial charge in [0.15, 0.2) is 5.11 Å². The summed E-state index contributed by atoms with van der Waals surface area (Å²) < 4.78 is 5.22. The Kier molecular flexibility index (Phi) is 7.05. The maximum atomic E-state index is 6.15. The van der Waals surface area contributed by atoms with Crippen LogP contribution in [0.2, 0.25) is 5.02 Å². The third-order valence-corrected chi connectivity index (χ3v) is 4.75. The second kappa shape index (κ2) is 9.04. The second-order valence-electron chi connectivity index (χ2n) is 6.00. The molecule has 6 heteroatoms. The Morgan fingerprint density at radius 2 is 1.88 bits per heavy atom. The third-order valence-electron chi connectivity index (χ3n) is 4.10. The number of anilines is 1. The van der Waals surface area contributed by atoms with Gasteiger partial charge in [-0.15, -0.1) is 0 Å². The van der Waals surface area contributed by atoms with E-state index in [2.05, 4.69) is 27.7 Å². The van der Waals surface area contributed by atoms with Gasteiger partial charge in [0.25, 0.3) is 0 Å². The Morgan fingerprint density at radius 3 is 2.48 bits per heavy atom. The van der Waals surface area contributed by atoms with E-state index in [0.717, 1.165) is 22.0 Å². The van der Waals surface area contributed by atoms with Crippen LogP contribution in [0.3, 0.4) is 0 Å². The molecule has 134 valence electrons. The van der Waals surface area contributed by atoms with E-state index in [1.165, 1.54) is 5.56 Å². The average Bonchev–Trinajstić information content (AvgIpc) is 2.59. The first-order valence-electron chi connectivity index (χ1n) is 8.02. The number of thiocarbonyl (C=S) groups is 1. The molecule has 1 atom stereocenters. The van der Waals surface area contributed by atoms with Gasteiger partial charge in [0, 0.05) is 17.3 Å². The second-order valence-corrected chi connectivity index (χ2v) is 6.82. The van der Waals surface area contributed by atoms with Gasteiger partial charge in [0.05, 0.1) is 13.2 Å². The van der Waals surface area contributed by atoms with Crippen LogP contribution in [0.1, 0.15) is 17.2 Å². The van der Waals surface area contributed by atoms with Gasteiger partial charge in [-0.3, -0.25) is 0 Å². The molecule has 0 unspecified atom stereocenters. The van der Waals surface area contributed by atoms with E-state index in [1.807, 2.05) is 51.4 Å². The Hall–Kier alpha value is -1.82. The summed E-state index contributed by atoms with van der Waals surface area (Å²) in [5.74, 6) is 0.850. The van der Waals surface area contributed by atoms with E-state index in [-0.39, 0.29) is 6.04 Å². The fraction of sp³-hybridized carbons (Fsp3) is 0.316. The maximum absolute atomic E-state index is 6.15. The van der Waals surface area contributed by atoms with Crippen molar-refractivity contribution >= 4 is 34.6 Å². The summed E-state index contributed by atoms with van der Waals surface area (Å²) >= 11 is 11.6. The fourth-order valence-electron chi connectivity index (χ4n) is 2.52. The minimum absolute atomic E-state index is 0.186. The van der Waals surface area contributed by atoms with Crippen molar-refractivity contribution < 1.29 is 4.74 Å². The summed E-state index contributed by atoms with van der Waals surface area (Å²) in [5.41, 5.74) is 3.09. The van der Waals surface area contributed by atoms with Gasteiger partial charge >= 0.3 is 0 Å². The lowest BCUT2D eigenvalue weighted by Gasteiger charge is -2.26. The van der Waals surface area contributed by atoms with Crippen LogP contribution in [0.4, 0.5) is 5.69 Å². The number of nitrogens with one attached hydrogen (secondary N) is 2. The Morgan fingerprint density at radius 1 is 1.20 bits per heavy atom. The number of nitrogens with zero attached hydrogens (tertiary/aromatic N) is 1. The Balaban J connectivity index is 2.00. The van der Waals surface area contributed by atoms with E-state index in [9.17, 15) is 0 Å². The normalized spacial score (nSPS) is 11.9. The summed E-state index contributed by atoms with van der Waals surface area (Å²) in [6.45, 7) is 2.65. The number of ether oxygens (including phenoxy) is 1. The van der Waals surface area contributed by atoms with Crippen LogP contribution in [0.25, 0.3) is 0 Å². The van der Waals surface area contributed by atoms with E-state index in [1.54, 1.807) is 7.11 Å². The number of halogens is 1. The highest BCUT2D eigenvalue weighted by atomic mass is 35.5. The van der Waals surface area contributed by atoms with Crippen LogP contribution >= 0.6 is 23.8 Å². The smallest absolute Gasteiger partial charge is 0.170 e. The molecule has 0 spiro atoms. The van der Waals surface area contributed by atoms with Gasteiger partial charge in [0.1, 0.15) is 5.75 Å². The molecule has 0 aliphatic heterocycles. The molecular weight excluding hydrogens is 354 g/mol. The molecule has 2 rings (SSSR count). The van der Waals surface area contributed by atoms with Crippen molar-refractivity contribution in [1.29, 1.82) is 0 Å². The van der Waals surface area contributed by atoms with Crippen molar-refractivity contribution in [3.8, 4) is 5.75 Å². The molecular formula is C19H24ClN3OS. The number of benzene rings is 2. The lowest BCUT2D eigenvalue weighted by atomic mass is 10.1. The zero-order valence-electron chi connectivity index (χ0n) is 15.0. The first-order chi connectivity index (χ1) is 11.9. The monoisotopic (exact) mass is 377 g/mol. The molecule has 0 saturated carbocycles. The van der Waals surface area contributed by atoms with Gasteiger partial charge in [-0.25, -0.2) is 0 Å². The standard InChI is InChI=1S/C19H24ClN3OS/c1-13-16(20)6-5-7-17(13)22-19(25)21-12-18(23(2)3)14-8-10-15(24-4)11-9-14/h5-11,18H,12H2,1-4H3,(H2,21,22,25)/t18-/m0/s1. The first kappa shape index (κ1) is 19.5. The minimum atomic E-state index is 0.186. The number of likely N-dealkylation sites (N-methyl/N-ethyl adjacent to an activating group) is 1. The van der Waals surface area contributed by atoms with Crippen LogP contribution in [0, 0.1) is 6.92 Å². The van der Waals surface area contributed by atoms with E-state index < -0.39 is 0 Å². The largest absolute Gasteiger partial charge is 0.497 e. The molecule has 2 aromatic rings. The molecule has 0 aliphatic rings. The van der Waals surface area contributed by atoms with E-state index >= 15 is 0 Å².